The summed E-state index contributed by atoms with van der Waals surface area (Å²) in [6.07, 6.45) is 0.0856. The zero-order chi connectivity index (χ0) is 16.1. The van der Waals surface area contributed by atoms with E-state index < -0.39 is 23.7 Å². The smallest absolute Gasteiger partial charge is 0.315 e. The van der Waals surface area contributed by atoms with Crippen molar-refractivity contribution in [3.8, 4) is 0 Å². The van der Waals surface area contributed by atoms with Crippen LogP contribution < -0.4 is 10.6 Å². The maximum atomic E-state index is 13.5. The molecule has 7 heteroatoms. The Hall–Kier alpha value is -2.02. The van der Waals surface area contributed by atoms with Crippen LogP contribution in [0.1, 0.15) is 23.2 Å². The largest absolute Gasteiger partial charge is 0.335 e. The van der Waals surface area contributed by atoms with E-state index in [9.17, 15) is 13.6 Å². The predicted octanol–water partition coefficient (Wildman–Crippen LogP) is 3.16. The highest BCUT2D eigenvalue weighted by Gasteiger charge is 2.14. The third-order valence-electron chi connectivity index (χ3n) is 3.02. The van der Waals surface area contributed by atoms with Gasteiger partial charge in [0, 0.05) is 22.7 Å². The highest BCUT2D eigenvalue weighted by Crippen LogP contribution is 2.14. The number of rotatable bonds is 5. The summed E-state index contributed by atoms with van der Waals surface area (Å²) < 4.78 is 27.1. The molecule has 1 atom stereocenters. The molecule has 118 valence electrons. The molecule has 22 heavy (non-hydrogen) atoms. The summed E-state index contributed by atoms with van der Waals surface area (Å²) >= 11 is 1.46. The normalized spacial score (nSPS) is 12.0. The second kappa shape index (κ2) is 7.31. The third kappa shape index (κ3) is 4.49. The van der Waals surface area contributed by atoms with E-state index in [4.69, 9.17) is 0 Å². The fourth-order valence-corrected chi connectivity index (χ4v) is 2.71. The lowest BCUT2D eigenvalue weighted by atomic mass is 10.1. The van der Waals surface area contributed by atoms with Crippen molar-refractivity contribution in [1.29, 1.82) is 0 Å². The van der Waals surface area contributed by atoms with Gasteiger partial charge in [0.15, 0.2) is 0 Å². The van der Waals surface area contributed by atoms with Crippen molar-refractivity contribution in [2.45, 2.75) is 32.9 Å². The lowest BCUT2D eigenvalue weighted by molar-refractivity contribution is 0.237. The first-order valence-corrected chi connectivity index (χ1v) is 7.72. The Labute approximate surface area is 131 Å². The maximum Gasteiger partial charge on any atom is 0.315 e. The molecule has 1 aromatic heterocycles. The fraction of sp³-hybridized carbons (Fsp3) is 0.333. The van der Waals surface area contributed by atoms with Gasteiger partial charge in [-0.3, -0.25) is 0 Å². The molecule has 0 spiro atoms. The molecular weight excluding hydrogens is 308 g/mol. The summed E-state index contributed by atoms with van der Waals surface area (Å²) in [6, 6.07) is 2.93. The molecule has 2 aromatic rings. The molecule has 1 aromatic carbocycles. The average molecular weight is 325 g/mol. The van der Waals surface area contributed by atoms with Crippen LogP contribution in [0.5, 0.6) is 0 Å². The number of aromatic nitrogens is 1. The van der Waals surface area contributed by atoms with Crippen molar-refractivity contribution >= 4 is 17.4 Å². The number of amides is 2. The number of hydrogen-bond donors (Lipinski definition) is 2. The van der Waals surface area contributed by atoms with Gasteiger partial charge in [-0.05, 0) is 32.4 Å². The Kier molecular flexibility index (Phi) is 5.43. The fourth-order valence-electron chi connectivity index (χ4n) is 2.00. The van der Waals surface area contributed by atoms with Gasteiger partial charge in [-0.1, -0.05) is 6.07 Å². The molecule has 2 amide bonds. The van der Waals surface area contributed by atoms with Crippen LogP contribution in [-0.2, 0) is 13.0 Å². The SMILES string of the molecule is Cc1csc(CNC(=O)NC(C)Cc2c(F)cccc2F)n1. The number of urea groups is 1. The number of nitrogens with zero attached hydrogens (tertiary/aromatic N) is 1. The molecule has 1 heterocycles. The van der Waals surface area contributed by atoms with Gasteiger partial charge >= 0.3 is 6.03 Å². The van der Waals surface area contributed by atoms with E-state index in [-0.39, 0.29) is 12.0 Å². The minimum Gasteiger partial charge on any atom is -0.335 e. The van der Waals surface area contributed by atoms with Crippen LogP contribution in [-0.4, -0.2) is 17.1 Å². The highest BCUT2D eigenvalue weighted by atomic mass is 32.1. The molecule has 2 N–H and O–H groups in total. The third-order valence-corrected chi connectivity index (χ3v) is 3.98. The van der Waals surface area contributed by atoms with E-state index in [0.29, 0.717) is 6.54 Å². The first-order chi connectivity index (χ1) is 10.5. The van der Waals surface area contributed by atoms with Crippen LogP contribution in [0.15, 0.2) is 23.6 Å². The first kappa shape index (κ1) is 16.4. The Morgan fingerprint density at radius 1 is 1.36 bits per heavy atom. The number of carbonyl (C=O) groups excluding carboxylic acids is 1. The Balaban J connectivity index is 1.83. The molecule has 1 unspecified atom stereocenters. The molecule has 0 bridgehead atoms. The van der Waals surface area contributed by atoms with Crippen LogP contribution in [0.3, 0.4) is 0 Å². The van der Waals surface area contributed by atoms with Gasteiger partial charge in [0.05, 0.1) is 6.54 Å². The van der Waals surface area contributed by atoms with E-state index in [1.165, 1.54) is 29.5 Å². The summed E-state index contributed by atoms with van der Waals surface area (Å²) in [7, 11) is 0. The summed E-state index contributed by atoms with van der Waals surface area (Å²) in [5.41, 5.74) is 0.886. The van der Waals surface area contributed by atoms with Gasteiger partial charge in [0.25, 0.3) is 0 Å². The molecule has 0 aliphatic rings. The first-order valence-electron chi connectivity index (χ1n) is 6.84. The maximum absolute atomic E-state index is 13.5. The van der Waals surface area contributed by atoms with Crippen molar-refractivity contribution in [2.75, 3.05) is 0 Å². The van der Waals surface area contributed by atoms with E-state index in [1.807, 2.05) is 12.3 Å². The number of aryl methyl sites for hydroxylation is 1. The molecule has 0 fully saturated rings. The van der Waals surface area contributed by atoms with Gasteiger partial charge in [0.1, 0.15) is 16.6 Å². The second-order valence-electron chi connectivity index (χ2n) is 5.02. The van der Waals surface area contributed by atoms with E-state index in [2.05, 4.69) is 15.6 Å². The lowest BCUT2D eigenvalue weighted by Crippen LogP contribution is -2.41. The minimum absolute atomic E-state index is 0.0224. The average Bonchev–Trinajstić information content (AvgIpc) is 2.86. The molecule has 4 nitrogen and oxygen atoms in total. The van der Waals surface area contributed by atoms with E-state index >= 15 is 0 Å². The number of thiazole rings is 1. The zero-order valence-electron chi connectivity index (χ0n) is 12.3. The van der Waals surface area contributed by atoms with Crippen LogP contribution in [0.25, 0.3) is 0 Å². The van der Waals surface area contributed by atoms with Crippen molar-refractivity contribution in [2.24, 2.45) is 0 Å². The number of hydrogen-bond acceptors (Lipinski definition) is 3. The van der Waals surface area contributed by atoms with Gasteiger partial charge in [-0.25, -0.2) is 18.6 Å². The Morgan fingerprint density at radius 2 is 2.05 bits per heavy atom. The molecule has 0 saturated carbocycles. The van der Waals surface area contributed by atoms with E-state index in [0.717, 1.165) is 10.7 Å². The van der Waals surface area contributed by atoms with Gasteiger partial charge in [-0.2, -0.15) is 0 Å². The summed E-state index contributed by atoms with van der Waals surface area (Å²) in [5.74, 6) is -1.21. The summed E-state index contributed by atoms with van der Waals surface area (Å²) in [6.45, 7) is 3.90. The van der Waals surface area contributed by atoms with Crippen molar-refractivity contribution in [3.05, 3.63) is 51.5 Å². The Morgan fingerprint density at radius 3 is 2.64 bits per heavy atom. The molecule has 2 rings (SSSR count). The van der Waals surface area contributed by atoms with Crippen molar-refractivity contribution < 1.29 is 13.6 Å². The monoisotopic (exact) mass is 325 g/mol. The molecule has 0 saturated heterocycles. The Bertz CT molecular complexity index is 640. The van der Waals surface area contributed by atoms with Crippen LogP contribution in [0.2, 0.25) is 0 Å². The van der Waals surface area contributed by atoms with Gasteiger partial charge in [-0.15, -0.1) is 11.3 Å². The molecule has 0 radical (unpaired) electrons. The lowest BCUT2D eigenvalue weighted by Gasteiger charge is -2.15. The standard InChI is InChI=1S/C15H17F2N3OS/c1-9(6-11-12(16)4-3-5-13(11)17)20-15(21)18-7-14-19-10(2)8-22-14/h3-5,8-9H,6-7H2,1-2H3,(H2,18,20,21). The number of halogens is 2. The quantitative estimate of drug-likeness (QED) is 0.887. The zero-order valence-corrected chi connectivity index (χ0v) is 13.1. The van der Waals surface area contributed by atoms with Crippen LogP contribution >= 0.6 is 11.3 Å². The van der Waals surface area contributed by atoms with Gasteiger partial charge < -0.3 is 10.6 Å². The summed E-state index contributed by atoms with van der Waals surface area (Å²) in [4.78, 5) is 16.0. The molecule has 0 aliphatic heterocycles. The molecule has 0 aliphatic carbocycles. The van der Waals surface area contributed by atoms with Crippen LogP contribution in [0, 0.1) is 18.6 Å². The summed E-state index contributed by atoms with van der Waals surface area (Å²) in [5, 5.41) is 8.03. The van der Waals surface area contributed by atoms with Crippen LogP contribution in [0.4, 0.5) is 13.6 Å². The van der Waals surface area contributed by atoms with Crippen molar-refractivity contribution in [1.82, 2.24) is 15.6 Å². The van der Waals surface area contributed by atoms with E-state index in [1.54, 1.807) is 6.92 Å². The second-order valence-corrected chi connectivity index (χ2v) is 5.96. The number of carbonyl (C=O) groups is 1. The van der Waals surface area contributed by atoms with Gasteiger partial charge in [0.2, 0.25) is 0 Å². The number of benzene rings is 1. The topological polar surface area (TPSA) is 54.0 Å². The predicted molar refractivity (Wildman–Crippen MR) is 81.7 cm³/mol. The van der Waals surface area contributed by atoms with Crippen molar-refractivity contribution in [3.63, 3.8) is 0 Å². The minimum atomic E-state index is -0.604. The number of nitrogens with one attached hydrogen (secondary N) is 2. The molecular formula is C15H17F2N3OS. The highest BCUT2D eigenvalue weighted by molar-refractivity contribution is 7.09.